The van der Waals surface area contributed by atoms with Gasteiger partial charge >= 0.3 is 0 Å². The minimum atomic E-state index is -3.46. The fraction of sp³-hybridized carbons (Fsp3) is 0.556. The van der Waals surface area contributed by atoms with Gasteiger partial charge in [0.15, 0.2) is 0 Å². The van der Waals surface area contributed by atoms with E-state index in [0.29, 0.717) is 24.5 Å². The van der Waals surface area contributed by atoms with Crippen molar-refractivity contribution in [3.63, 3.8) is 0 Å². The number of hydrogen-bond donors (Lipinski definition) is 2. The van der Waals surface area contributed by atoms with Gasteiger partial charge in [0.1, 0.15) is 4.21 Å². The van der Waals surface area contributed by atoms with Gasteiger partial charge in [-0.25, -0.2) is 13.1 Å². The van der Waals surface area contributed by atoms with Gasteiger partial charge in [-0.15, -0.1) is 11.3 Å². The first kappa shape index (κ1) is 12.0. The average molecular weight is 263 g/mol. The zero-order valence-electron chi connectivity index (χ0n) is 8.55. The lowest BCUT2D eigenvalue weighted by atomic mass is 10.3. The van der Waals surface area contributed by atoms with Gasteiger partial charge in [-0.1, -0.05) is 0 Å². The Labute approximate surface area is 98.1 Å². The molecule has 1 aromatic heterocycles. The number of ether oxygens (including phenoxy) is 1. The summed E-state index contributed by atoms with van der Waals surface area (Å²) in [4.78, 5) is 0.642. The molecule has 0 saturated carbocycles. The summed E-state index contributed by atoms with van der Waals surface area (Å²) in [6.45, 7) is 0.893. The molecule has 16 heavy (non-hydrogen) atoms. The number of sulfonamides is 1. The predicted octanol–water partition coefficient (Wildman–Crippen LogP) is 0.308. The van der Waals surface area contributed by atoms with Crippen molar-refractivity contribution >= 4 is 21.4 Å². The largest absolute Gasteiger partial charge is 0.391 e. The monoisotopic (exact) mass is 263 g/mol. The third kappa shape index (κ3) is 2.61. The Bertz CT molecular complexity index is 448. The maximum absolute atomic E-state index is 11.9. The maximum Gasteiger partial charge on any atom is 0.250 e. The molecule has 0 amide bonds. The van der Waals surface area contributed by atoms with E-state index in [2.05, 4.69) is 4.72 Å². The summed E-state index contributed by atoms with van der Waals surface area (Å²) in [7, 11) is -3.46. The molecule has 1 atom stereocenters. The minimum absolute atomic E-state index is 0.132. The second-order valence-electron chi connectivity index (χ2n) is 3.56. The first-order chi connectivity index (χ1) is 7.62. The summed E-state index contributed by atoms with van der Waals surface area (Å²) in [6, 6.07) is 2.99. The van der Waals surface area contributed by atoms with Gasteiger partial charge in [0.2, 0.25) is 10.0 Å². The van der Waals surface area contributed by atoms with Crippen LogP contribution in [0.25, 0.3) is 0 Å². The summed E-state index contributed by atoms with van der Waals surface area (Å²) in [5, 5.41) is 8.88. The highest BCUT2D eigenvalue weighted by molar-refractivity contribution is 7.91. The summed E-state index contributed by atoms with van der Waals surface area (Å²) >= 11 is 1.08. The summed E-state index contributed by atoms with van der Waals surface area (Å²) in [5.74, 6) is 0. The molecule has 2 N–H and O–H groups in total. The molecule has 0 aliphatic carbocycles. The van der Waals surface area contributed by atoms with Crippen LogP contribution in [-0.2, 0) is 21.4 Å². The van der Waals surface area contributed by atoms with Crippen LogP contribution in [0, 0.1) is 0 Å². The molecule has 1 saturated heterocycles. The van der Waals surface area contributed by atoms with Crippen LogP contribution in [-0.4, -0.2) is 32.8 Å². The number of hydrogen-bond acceptors (Lipinski definition) is 5. The van der Waals surface area contributed by atoms with E-state index in [1.54, 1.807) is 6.07 Å². The van der Waals surface area contributed by atoms with Gasteiger partial charge in [0.25, 0.3) is 0 Å². The van der Waals surface area contributed by atoms with E-state index in [-0.39, 0.29) is 16.9 Å². The van der Waals surface area contributed by atoms with E-state index in [0.717, 1.165) is 11.3 Å². The highest BCUT2D eigenvalue weighted by atomic mass is 32.2. The van der Waals surface area contributed by atoms with Crippen molar-refractivity contribution in [2.45, 2.75) is 23.3 Å². The second-order valence-corrected chi connectivity index (χ2v) is 6.67. The van der Waals surface area contributed by atoms with Gasteiger partial charge in [-0.2, -0.15) is 0 Å². The normalized spacial score (nSPS) is 21.4. The van der Waals surface area contributed by atoms with Crippen molar-refractivity contribution in [3.8, 4) is 0 Å². The molecule has 7 heteroatoms. The summed E-state index contributed by atoms with van der Waals surface area (Å²) in [6.07, 6.45) is 0.706. The van der Waals surface area contributed by atoms with Crippen LogP contribution in [0.1, 0.15) is 11.3 Å². The summed E-state index contributed by atoms with van der Waals surface area (Å²) < 4.78 is 31.7. The molecule has 1 aliphatic heterocycles. The van der Waals surface area contributed by atoms with Crippen molar-refractivity contribution in [1.29, 1.82) is 0 Å². The molecule has 1 fully saturated rings. The lowest BCUT2D eigenvalue weighted by Crippen LogP contribution is -2.34. The van der Waals surface area contributed by atoms with Crippen LogP contribution >= 0.6 is 11.3 Å². The zero-order valence-corrected chi connectivity index (χ0v) is 10.2. The van der Waals surface area contributed by atoms with E-state index >= 15 is 0 Å². The highest BCUT2D eigenvalue weighted by Crippen LogP contribution is 2.22. The fourth-order valence-electron chi connectivity index (χ4n) is 1.49. The molecule has 0 radical (unpaired) electrons. The molecule has 1 aromatic rings. The number of nitrogens with one attached hydrogen (secondary N) is 1. The van der Waals surface area contributed by atoms with Gasteiger partial charge < -0.3 is 9.84 Å². The predicted molar refractivity (Wildman–Crippen MR) is 59.8 cm³/mol. The van der Waals surface area contributed by atoms with Gasteiger partial charge in [0.05, 0.1) is 13.2 Å². The first-order valence-corrected chi connectivity index (χ1v) is 7.21. The van der Waals surface area contributed by atoms with E-state index in [4.69, 9.17) is 9.84 Å². The zero-order chi connectivity index (χ0) is 11.6. The summed E-state index contributed by atoms with van der Waals surface area (Å²) in [5.41, 5.74) is 0. The van der Waals surface area contributed by atoms with E-state index in [1.807, 2.05) is 0 Å². The topological polar surface area (TPSA) is 75.6 Å². The smallest absolute Gasteiger partial charge is 0.250 e. The van der Waals surface area contributed by atoms with Crippen LogP contribution in [0.2, 0.25) is 0 Å². The van der Waals surface area contributed by atoms with Crippen LogP contribution in [0.4, 0.5) is 0 Å². The molecule has 5 nitrogen and oxygen atoms in total. The quantitative estimate of drug-likeness (QED) is 0.819. The molecular weight excluding hydrogens is 250 g/mol. The Morgan fingerprint density at radius 2 is 2.38 bits per heavy atom. The molecule has 90 valence electrons. The van der Waals surface area contributed by atoms with Crippen molar-refractivity contribution in [1.82, 2.24) is 4.72 Å². The van der Waals surface area contributed by atoms with Crippen LogP contribution in [0.3, 0.4) is 0 Å². The second kappa shape index (κ2) is 4.80. The Balaban J connectivity index is 2.11. The van der Waals surface area contributed by atoms with Crippen molar-refractivity contribution in [2.75, 3.05) is 13.2 Å². The average Bonchev–Trinajstić information content (AvgIpc) is 2.85. The van der Waals surface area contributed by atoms with Gasteiger partial charge in [0, 0.05) is 17.5 Å². The van der Waals surface area contributed by atoms with Gasteiger partial charge in [-0.05, 0) is 18.6 Å². The van der Waals surface area contributed by atoms with Crippen LogP contribution in [0.15, 0.2) is 16.3 Å². The molecule has 0 aromatic carbocycles. The highest BCUT2D eigenvalue weighted by Gasteiger charge is 2.24. The van der Waals surface area contributed by atoms with Crippen LogP contribution < -0.4 is 4.72 Å². The van der Waals surface area contributed by atoms with E-state index < -0.39 is 10.0 Å². The first-order valence-electron chi connectivity index (χ1n) is 4.91. The number of rotatable bonds is 4. The molecule has 0 spiro atoms. The Morgan fingerprint density at radius 1 is 1.56 bits per heavy atom. The molecular formula is C9H13NO4S2. The maximum atomic E-state index is 11.9. The van der Waals surface area contributed by atoms with Crippen molar-refractivity contribution in [2.24, 2.45) is 0 Å². The number of aliphatic hydroxyl groups excluding tert-OH is 1. The standard InChI is InChI=1S/C9H13NO4S2/c11-5-8-1-2-9(15-8)16(12,13)10-7-3-4-14-6-7/h1-2,7,10-11H,3-6H2. The Kier molecular flexibility index (Phi) is 3.60. The third-order valence-electron chi connectivity index (χ3n) is 2.31. The Morgan fingerprint density at radius 3 is 2.94 bits per heavy atom. The van der Waals surface area contributed by atoms with Crippen molar-refractivity contribution in [3.05, 3.63) is 17.0 Å². The molecule has 2 rings (SSSR count). The van der Waals surface area contributed by atoms with Gasteiger partial charge in [-0.3, -0.25) is 0 Å². The molecule has 0 bridgehead atoms. The fourth-order valence-corrected chi connectivity index (χ4v) is 3.98. The van der Waals surface area contributed by atoms with Crippen molar-refractivity contribution < 1.29 is 18.3 Å². The number of aliphatic hydroxyl groups is 1. The lowest BCUT2D eigenvalue weighted by molar-refractivity contribution is 0.192. The van der Waals surface area contributed by atoms with E-state index in [1.165, 1.54) is 6.07 Å². The third-order valence-corrected chi connectivity index (χ3v) is 5.39. The van der Waals surface area contributed by atoms with E-state index in [9.17, 15) is 8.42 Å². The Hall–Kier alpha value is -0.470. The molecule has 1 unspecified atom stereocenters. The molecule has 2 heterocycles. The van der Waals surface area contributed by atoms with Crippen LogP contribution in [0.5, 0.6) is 0 Å². The SMILES string of the molecule is O=S(=O)(NC1CCOC1)c1ccc(CO)s1. The lowest BCUT2D eigenvalue weighted by Gasteiger charge is -2.09. The number of thiophene rings is 1. The minimum Gasteiger partial charge on any atom is -0.391 e. The molecule has 1 aliphatic rings.